The van der Waals surface area contributed by atoms with Gasteiger partial charge >= 0.3 is 0 Å². The summed E-state index contributed by atoms with van der Waals surface area (Å²) in [6.07, 6.45) is 3.74. The van der Waals surface area contributed by atoms with Gasteiger partial charge in [-0.15, -0.1) is 18.3 Å². The molecule has 0 saturated carbocycles. The number of nitrogens with zero attached hydrogens (tertiary/aromatic N) is 2. The fourth-order valence-corrected chi connectivity index (χ4v) is 4.31. The number of rotatable bonds is 4. The highest BCUT2D eigenvalue weighted by Gasteiger charge is 2.11. The zero-order chi connectivity index (χ0) is 17.1. The van der Waals surface area contributed by atoms with E-state index in [1.54, 1.807) is 12.1 Å². The quantitative estimate of drug-likeness (QED) is 0.475. The Morgan fingerprint density at radius 2 is 2.17 bits per heavy atom. The number of allylic oxidation sites excluding steroid dienone is 1. The van der Waals surface area contributed by atoms with Gasteiger partial charge < -0.3 is 4.57 Å². The van der Waals surface area contributed by atoms with Gasteiger partial charge in [-0.05, 0) is 36.6 Å². The Morgan fingerprint density at radius 1 is 1.38 bits per heavy atom. The van der Waals surface area contributed by atoms with Crippen molar-refractivity contribution in [3.63, 3.8) is 0 Å². The van der Waals surface area contributed by atoms with Crippen LogP contribution >= 0.6 is 34.7 Å². The van der Waals surface area contributed by atoms with Crippen molar-refractivity contribution in [3.8, 4) is 0 Å². The Balaban J connectivity index is 2.17. The van der Waals surface area contributed by atoms with E-state index in [9.17, 15) is 4.79 Å². The second-order valence-corrected chi connectivity index (χ2v) is 7.31. The highest BCUT2D eigenvalue weighted by molar-refractivity contribution is 7.98. The first-order valence-electron chi connectivity index (χ1n) is 7.26. The lowest BCUT2D eigenvalue weighted by Crippen LogP contribution is -2.16. The first kappa shape index (κ1) is 17.0. The highest BCUT2D eigenvalue weighted by Crippen LogP contribution is 2.23. The second kappa shape index (κ2) is 7.38. The maximum Gasteiger partial charge on any atom is 0.280 e. The number of thioether (sulfide) groups is 1. The van der Waals surface area contributed by atoms with Gasteiger partial charge in [0, 0.05) is 16.5 Å². The smallest absolute Gasteiger partial charge is 0.280 e. The van der Waals surface area contributed by atoms with Crippen molar-refractivity contribution in [2.45, 2.75) is 11.4 Å². The van der Waals surface area contributed by atoms with E-state index in [0.29, 0.717) is 21.9 Å². The highest BCUT2D eigenvalue weighted by atomic mass is 35.5. The van der Waals surface area contributed by atoms with Crippen LogP contribution < -0.4 is 4.80 Å². The fourth-order valence-electron chi connectivity index (χ4n) is 2.41. The van der Waals surface area contributed by atoms with Crippen LogP contribution in [0.2, 0.25) is 5.02 Å². The van der Waals surface area contributed by atoms with Crippen molar-refractivity contribution in [1.29, 1.82) is 0 Å². The molecule has 122 valence electrons. The molecule has 1 aromatic heterocycles. The number of fused-ring (bicyclic) bond motifs is 1. The van der Waals surface area contributed by atoms with E-state index in [-0.39, 0.29) is 5.91 Å². The molecule has 1 heterocycles. The van der Waals surface area contributed by atoms with Gasteiger partial charge in [-0.25, -0.2) is 0 Å². The lowest BCUT2D eigenvalue weighted by atomic mass is 10.2. The molecule has 2 aromatic carbocycles. The molecule has 0 radical (unpaired) electrons. The molecule has 3 rings (SSSR count). The summed E-state index contributed by atoms with van der Waals surface area (Å²) in [5.74, 6) is -0.240. The van der Waals surface area contributed by atoms with E-state index in [4.69, 9.17) is 11.6 Å². The van der Waals surface area contributed by atoms with Gasteiger partial charge in [-0.1, -0.05) is 41.1 Å². The van der Waals surface area contributed by atoms with E-state index in [1.807, 2.05) is 47.2 Å². The zero-order valence-corrected chi connectivity index (χ0v) is 15.4. The van der Waals surface area contributed by atoms with E-state index < -0.39 is 0 Å². The first-order chi connectivity index (χ1) is 11.6. The molecule has 0 unspecified atom stereocenters. The zero-order valence-electron chi connectivity index (χ0n) is 13.0. The van der Waals surface area contributed by atoms with Crippen molar-refractivity contribution >= 4 is 50.8 Å². The molecule has 6 heteroatoms. The van der Waals surface area contributed by atoms with Crippen LogP contribution in [0.3, 0.4) is 0 Å². The minimum Gasteiger partial charge on any atom is -0.312 e. The lowest BCUT2D eigenvalue weighted by Gasteiger charge is -2.03. The standard InChI is InChI=1S/C18H15ClN2OS2/c1-3-10-21-14-9-8-12(19)11-16(14)24-18(21)20-17(22)13-6-4-5-7-15(13)23-2/h3-9,11H,1,10H2,2H3. The molecule has 0 bridgehead atoms. The molecule has 3 aromatic rings. The third-order valence-electron chi connectivity index (χ3n) is 3.49. The van der Waals surface area contributed by atoms with Gasteiger partial charge in [-0.2, -0.15) is 4.99 Å². The third kappa shape index (κ3) is 3.34. The van der Waals surface area contributed by atoms with Crippen LogP contribution in [0.5, 0.6) is 0 Å². The Bertz CT molecular complexity index is 988. The van der Waals surface area contributed by atoms with Gasteiger partial charge in [0.05, 0.1) is 15.8 Å². The number of carbonyl (C=O) groups excluding carboxylic acids is 1. The summed E-state index contributed by atoms with van der Waals surface area (Å²) >= 11 is 9.06. The molecule has 0 atom stereocenters. The number of carbonyl (C=O) groups is 1. The van der Waals surface area contributed by atoms with Crippen molar-refractivity contribution < 1.29 is 4.79 Å². The SMILES string of the molecule is C=CCn1c(=NC(=O)c2ccccc2SC)sc2cc(Cl)ccc21. The van der Waals surface area contributed by atoms with E-state index in [1.165, 1.54) is 23.1 Å². The van der Waals surface area contributed by atoms with Crippen molar-refractivity contribution in [2.75, 3.05) is 6.26 Å². The van der Waals surface area contributed by atoms with Crippen molar-refractivity contribution in [2.24, 2.45) is 4.99 Å². The number of aromatic nitrogens is 1. The molecule has 0 fully saturated rings. The third-order valence-corrected chi connectivity index (χ3v) is 5.56. The van der Waals surface area contributed by atoms with Crippen LogP contribution in [0.25, 0.3) is 10.2 Å². The molecular formula is C18H15ClN2OS2. The maximum atomic E-state index is 12.7. The van der Waals surface area contributed by atoms with Crippen LogP contribution in [0.1, 0.15) is 10.4 Å². The summed E-state index contributed by atoms with van der Waals surface area (Å²) in [4.78, 5) is 18.6. The fraction of sp³-hybridized carbons (Fsp3) is 0.111. The van der Waals surface area contributed by atoms with Crippen LogP contribution in [0.15, 0.2) is 65.0 Å². The number of hydrogen-bond donors (Lipinski definition) is 0. The minimum absolute atomic E-state index is 0.240. The lowest BCUT2D eigenvalue weighted by molar-refractivity contribution is 0.0995. The number of benzene rings is 2. The predicted molar refractivity (Wildman–Crippen MR) is 103 cm³/mol. The molecule has 0 aliphatic carbocycles. The molecular weight excluding hydrogens is 360 g/mol. The summed E-state index contributed by atoms with van der Waals surface area (Å²) in [6.45, 7) is 4.37. The van der Waals surface area contributed by atoms with Gasteiger partial charge in [0.25, 0.3) is 5.91 Å². The molecule has 24 heavy (non-hydrogen) atoms. The molecule has 0 N–H and O–H groups in total. The Kier molecular flexibility index (Phi) is 5.23. The van der Waals surface area contributed by atoms with E-state index in [2.05, 4.69) is 11.6 Å². The monoisotopic (exact) mass is 374 g/mol. The normalized spacial score (nSPS) is 11.8. The minimum atomic E-state index is -0.240. The van der Waals surface area contributed by atoms with Crippen LogP contribution in [0, 0.1) is 0 Å². The van der Waals surface area contributed by atoms with E-state index >= 15 is 0 Å². The van der Waals surface area contributed by atoms with Crippen molar-refractivity contribution in [1.82, 2.24) is 4.57 Å². The summed E-state index contributed by atoms with van der Waals surface area (Å²) in [7, 11) is 0. The van der Waals surface area contributed by atoms with E-state index in [0.717, 1.165) is 15.1 Å². The molecule has 0 aliphatic heterocycles. The number of amides is 1. The maximum absolute atomic E-state index is 12.7. The average molecular weight is 375 g/mol. The number of halogens is 1. The predicted octanol–water partition coefficient (Wildman–Crippen LogP) is 5.01. The summed E-state index contributed by atoms with van der Waals surface area (Å²) in [6, 6.07) is 13.2. The molecule has 0 spiro atoms. The summed E-state index contributed by atoms with van der Waals surface area (Å²) in [5, 5.41) is 0.667. The molecule has 0 aliphatic rings. The molecule has 1 amide bonds. The van der Waals surface area contributed by atoms with Crippen molar-refractivity contribution in [3.05, 3.63) is 70.5 Å². The van der Waals surface area contributed by atoms with Crippen LogP contribution in [0.4, 0.5) is 0 Å². The Hall–Kier alpha value is -1.82. The van der Waals surface area contributed by atoms with Gasteiger partial charge in [0.2, 0.25) is 0 Å². The van der Waals surface area contributed by atoms with Crippen LogP contribution in [-0.2, 0) is 6.54 Å². The molecule has 0 saturated heterocycles. The van der Waals surface area contributed by atoms with Gasteiger partial charge in [0.15, 0.2) is 4.80 Å². The largest absolute Gasteiger partial charge is 0.312 e. The van der Waals surface area contributed by atoms with Gasteiger partial charge in [0.1, 0.15) is 0 Å². The first-order valence-corrected chi connectivity index (χ1v) is 9.68. The molecule has 3 nitrogen and oxygen atoms in total. The Labute approximate surface area is 153 Å². The van der Waals surface area contributed by atoms with Crippen LogP contribution in [-0.4, -0.2) is 16.7 Å². The second-order valence-electron chi connectivity index (χ2n) is 5.01. The number of hydrogen-bond acceptors (Lipinski definition) is 3. The number of thiazole rings is 1. The van der Waals surface area contributed by atoms with Gasteiger partial charge in [-0.3, -0.25) is 4.79 Å². The topological polar surface area (TPSA) is 34.4 Å². The summed E-state index contributed by atoms with van der Waals surface area (Å²) in [5.41, 5.74) is 1.61. The summed E-state index contributed by atoms with van der Waals surface area (Å²) < 4.78 is 2.97. The Morgan fingerprint density at radius 3 is 2.92 bits per heavy atom. The average Bonchev–Trinajstić information content (AvgIpc) is 2.91.